The van der Waals surface area contributed by atoms with Gasteiger partial charge in [-0.2, -0.15) is 0 Å². The van der Waals surface area contributed by atoms with Gasteiger partial charge in [-0.25, -0.2) is 14.4 Å². The lowest BCUT2D eigenvalue weighted by Gasteiger charge is -2.45. The van der Waals surface area contributed by atoms with Gasteiger partial charge in [0, 0.05) is 43.8 Å². The highest BCUT2D eigenvalue weighted by Gasteiger charge is 2.35. The number of hydrogen-bond donors (Lipinski definition) is 1. The Morgan fingerprint density at radius 2 is 2.03 bits per heavy atom. The quantitative estimate of drug-likeness (QED) is 0.619. The van der Waals surface area contributed by atoms with Crippen LogP contribution < -0.4 is 9.80 Å². The molecule has 1 aromatic carbocycles. The number of carbonyl (C=O) groups is 1. The number of piperazine rings is 1. The van der Waals surface area contributed by atoms with E-state index in [9.17, 15) is 14.3 Å². The minimum absolute atomic E-state index is 0.000462. The summed E-state index contributed by atoms with van der Waals surface area (Å²) < 4.78 is 14.6. The van der Waals surface area contributed by atoms with Crippen LogP contribution in [-0.2, 0) is 17.8 Å². The number of benzene rings is 1. The number of phenolic OH excluding ortho intramolecular Hbond substituents is 1. The topological polar surface area (TPSA) is 76.0 Å². The average molecular weight is 495 g/mol. The molecule has 3 heterocycles. The lowest BCUT2D eigenvalue weighted by atomic mass is 10.0. The third kappa shape index (κ3) is 5.21. The fraction of sp³-hybridized carbons (Fsp3) is 0.444. The molecule has 2 aromatic rings. The molecule has 1 fully saturated rings. The molecule has 0 radical (unpaired) electrons. The molecule has 0 spiro atoms. The molecule has 8 nitrogen and oxygen atoms in total. The minimum Gasteiger partial charge on any atom is -0.506 e. The van der Waals surface area contributed by atoms with E-state index in [1.807, 2.05) is 43.0 Å². The van der Waals surface area contributed by atoms with Gasteiger partial charge in [-0.05, 0) is 58.6 Å². The fourth-order valence-corrected chi connectivity index (χ4v) is 4.96. The minimum atomic E-state index is -0.454. The normalized spacial score (nSPS) is 20.2. The molecule has 0 saturated carbocycles. The van der Waals surface area contributed by atoms with Crippen LogP contribution in [0.2, 0.25) is 0 Å². The average Bonchev–Trinajstić information content (AvgIpc) is 2.83. The van der Waals surface area contributed by atoms with Crippen LogP contribution in [0.5, 0.6) is 5.75 Å². The third-order valence-corrected chi connectivity index (χ3v) is 6.80. The van der Waals surface area contributed by atoms with E-state index >= 15 is 0 Å². The Hall–Kier alpha value is -3.46. The largest absolute Gasteiger partial charge is 0.506 e. The summed E-state index contributed by atoms with van der Waals surface area (Å²) in [5.41, 5.74) is 2.06. The molecule has 1 N–H and O–H groups in total. The Bertz CT molecular complexity index is 1150. The molecule has 0 aliphatic carbocycles. The smallest absolute Gasteiger partial charge is 0.246 e. The van der Waals surface area contributed by atoms with Crippen molar-refractivity contribution in [1.29, 1.82) is 0 Å². The number of phenols is 1. The summed E-state index contributed by atoms with van der Waals surface area (Å²) in [4.78, 5) is 30.1. The Kier molecular flexibility index (Phi) is 7.59. The summed E-state index contributed by atoms with van der Waals surface area (Å²) in [5, 5.41) is 10.3. The molecule has 1 saturated heterocycles. The molecule has 1 amide bonds. The maximum atomic E-state index is 14.6. The number of aromatic hydroxyl groups is 1. The summed E-state index contributed by atoms with van der Waals surface area (Å²) in [7, 11) is 3.99. The highest BCUT2D eigenvalue weighted by molar-refractivity contribution is 5.87. The zero-order chi connectivity index (χ0) is 26.0. The number of likely N-dealkylation sites (N-methyl/N-ethyl adjacent to an activating group) is 1. The second-order valence-corrected chi connectivity index (χ2v) is 9.82. The zero-order valence-electron chi connectivity index (χ0n) is 21.5. The van der Waals surface area contributed by atoms with E-state index in [0.717, 1.165) is 23.6 Å². The number of nitrogens with zero attached hydrogens (tertiary/aromatic N) is 6. The first-order valence-corrected chi connectivity index (χ1v) is 12.3. The zero-order valence-corrected chi connectivity index (χ0v) is 21.5. The Morgan fingerprint density at radius 1 is 1.25 bits per heavy atom. The van der Waals surface area contributed by atoms with Crippen LogP contribution >= 0.6 is 0 Å². The van der Waals surface area contributed by atoms with Crippen molar-refractivity contribution in [2.45, 2.75) is 38.9 Å². The number of amides is 1. The van der Waals surface area contributed by atoms with Crippen LogP contribution in [-0.4, -0.2) is 83.1 Å². The van der Waals surface area contributed by atoms with E-state index in [4.69, 9.17) is 9.97 Å². The van der Waals surface area contributed by atoms with E-state index in [0.29, 0.717) is 38.4 Å². The molecule has 1 aromatic heterocycles. The molecule has 36 heavy (non-hydrogen) atoms. The van der Waals surface area contributed by atoms with Gasteiger partial charge in [0.15, 0.2) is 5.82 Å². The molecule has 4 rings (SSSR count). The fourth-order valence-electron chi connectivity index (χ4n) is 4.96. The molecular weight excluding hydrogens is 459 g/mol. The van der Waals surface area contributed by atoms with Crippen molar-refractivity contribution in [2.24, 2.45) is 0 Å². The number of hydrogen-bond acceptors (Lipinski definition) is 7. The summed E-state index contributed by atoms with van der Waals surface area (Å²) in [5.74, 6) is 0.863. The van der Waals surface area contributed by atoms with Crippen molar-refractivity contribution in [1.82, 2.24) is 19.8 Å². The van der Waals surface area contributed by atoms with Gasteiger partial charge in [-0.15, -0.1) is 0 Å². The number of anilines is 2. The van der Waals surface area contributed by atoms with Crippen molar-refractivity contribution in [3.63, 3.8) is 0 Å². The monoisotopic (exact) mass is 494 g/mol. The maximum absolute atomic E-state index is 14.6. The van der Waals surface area contributed by atoms with Crippen LogP contribution in [0.3, 0.4) is 0 Å². The van der Waals surface area contributed by atoms with Crippen LogP contribution in [0.4, 0.5) is 15.9 Å². The summed E-state index contributed by atoms with van der Waals surface area (Å²) in [6.45, 7) is 10.6. The predicted molar refractivity (Wildman–Crippen MR) is 141 cm³/mol. The molecule has 2 aliphatic rings. The summed E-state index contributed by atoms with van der Waals surface area (Å²) in [6, 6.07) is 4.41. The number of fused-ring (bicyclic) bond motifs is 1. The second-order valence-electron chi connectivity index (χ2n) is 9.82. The molecule has 192 valence electrons. The SMILES string of the molecule is C=CC(=O)N1C[C@H](C)N(c2nc(/C=C/CN(C)C)nc3c2CCN(c2c(O)cccc2F)C3)C[C@H]1C. The van der Waals surface area contributed by atoms with Crippen molar-refractivity contribution in [3.8, 4) is 5.75 Å². The predicted octanol–water partition coefficient (Wildman–Crippen LogP) is 3.07. The van der Waals surface area contributed by atoms with Crippen molar-refractivity contribution in [2.75, 3.05) is 50.1 Å². The van der Waals surface area contributed by atoms with Crippen LogP contribution in [0.15, 0.2) is 36.9 Å². The highest BCUT2D eigenvalue weighted by Crippen LogP contribution is 2.36. The van der Waals surface area contributed by atoms with Crippen molar-refractivity contribution in [3.05, 3.63) is 59.8 Å². The molecule has 9 heteroatoms. The Morgan fingerprint density at radius 3 is 2.72 bits per heavy atom. The van der Waals surface area contributed by atoms with Gasteiger partial charge in [0.25, 0.3) is 0 Å². The van der Waals surface area contributed by atoms with Gasteiger partial charge < -0.3 is 24.7 Å². The summed E-state index contributed by atoms with van der Waals surface area (Å²) >= 11 is 0. The van der Waals surface area contributed by atoms with Crippen molar-refractivity contribution >= 4 is 23.5 Å². The first-order chi connectivity index (χ1) is 17.2. The van der Waals surface area contributed by atoms with Gasteiger partial charge >= 0.3 is 0 Å². The second kappa shape index (κ2) is 10.7. The Balaban J connectivity index is 1.72. The lowest BCUT2D eigenvalue weighted by molar-refractivity contribution is -0.128. The third-order valence-electron chi connectivity index (χ3n) is 6.80. The van der Waals surface area contributed by atoms with E-state index in [1.54, 1.807) is 0 Å². The highest BCUT2D eigenvalue weighted by atomic mass is 19.1. The number of halogens is 1. The molecule has 2 atom stereocenters. The van der Waals surface area contributed by atoms with E-state index in [-0.39, 0.29) is 29.4 Å². The number of carbonyl (C=O) groups excluding carboxylic acids is 1. The van der Waals surface area contributed by atoms with Gasteiger partial charge in [-0.1, -0.05) is 18.7 Å². The number of aromatic nitrogens is 2. The molecule has 0 unspecified atom stereocenters. The summed E-state index contributed by atoms with van der Waals surface area (Å²) in [6.07, 6.45) is 5.91. The van der Waals surface area contributed by atoms with Gasteiger partial charge in [-0.3, -0.25) is 4.79 Å². The van der Waals surface area contributed by atoms with Crippen LogP contribution in [0, 0.1) is 5.82 Å². The maximum Gasteiger partial charge on any atom is 0.246 e. The van der Waals surface area contributed by atoms with Crippen LogP contribution in [0.1, 0.15) is 30.9 Å². The van der Waals surface area contributed by atoms with E-state index < -0.39 is 5.82 Å². The number of para-hydroxylation sites is 1. The van der Waals surface area contributed by atoms with Crippen LogP contribution in [0.25, 0.3) is 6.08 Å². The first-order valence-electron chi connectivity index (χ1n) is 12.3. The lowest BCUT2D eigenvalue weighted by Crippen LogP contribution is -2.58. The van der Waals surface area contributed by atoms with Gasteiger partial charge in [0.1, 0.15) is 23.1 Å². The molecular formula is C27H35FN6O2. The van der Waals surface area contributed by atoms with Gasteiger partial charge in [0.05, 0.1) is 12.2 Å². The van der Waals surface area contributed by atoms with E-state index in [2.05, 4.69) is 23.3 Å². The molecule has 0 bridgehead atoms. The number of rotatable bonds is 6. The molecule has 2 aliphatic heterocycles. The van der Waals surface area contributed by atoms with E-state index in [1.165, 1.54) is 24.3 Å². The first kappa shape index (κ1) is 25.6. The Labute approximate surface area is 212 Å². The van der Waals surface area contributed by atoms with Gasteiger partial charge in [0.2, 0.25) is 5.91 Å². The van der Waals surface area contributed by atoms with Crippen molar-refractivity contribution < 1.29 is 14.3 Å². The standard InChI is InChI=1S/C27H35FN6O2/c1-6-25(36)33-15-19(3)34(16-18(33)2)27-20-12-14-32(26-21(28)9-7-10-23(26)35)17-22(20)29-24(30-27)11-8-13-31(4)5/h6-11,18-19,35H,1,12-17H2,2-5H3/b11-8+/t18-,19+/m1/s1.